The predicted molar refractivity (Wildman–Crippen MR) is 84.1 cm³/mol. The number of nitrogens with one attached hydrogen (secondary N) is 1. The van der Waals surface area contributed by atoms with Crippen molar-refractivity contribution in [2.45, 2.75) is 33.3 Å². The minimum atomic E-state index is -2.93. The van der Waals surface area contributed by atoms with E-state index in [1.165, 1.54) is 23.5 Å². The molecule has 3 nitrogen and oxygen atoms in total. The summed E-state index contributed by atoms with van der Waals surface area (Å²) in [7, 11) is 0. The Morgan fingerprint density at radius 1 is 1.36 bits per heavy atom. The Morgan fingerprint density at radius 2 is 2.09 bits per heavy atom. The second kappa shape index (κ2) is 7.35. The number of hydrogen-bond acceptors (Lipinski definition) is 3. The number of amides is 1. The van der Waals surface area contributed by atoms with Crippen molar-refractivity contribution in [2.24, 2.45) is 0 Å². The standard InChI is InChI=1S/C16H17F2NO2S/c1-3-6-11-9-14(22-10(11)2)15(20)19-12-7-4-5-8-13(12)21-16(17)18/h4-5,7-9,16H,3,6H2,1-2H3,(H,19,20). The van der Waals surface area contributed by atoms with Gasteiger partial charge in [0.25, 0.3) is 5.91 Å². The number of para-hydroxylation sites is 2. The monoisotopic (exact) mass is 325 g/mol. The zero-order chi connectivity index (χ0) is 16.1. The molecule has 0 spiro atoms. The average Bonchev–Trinajstić information content (AvgIpc) is 2.82. The van der Waals surface area contributed by atoms with Crippen LogP contribution in [0.25, 0.3) is 0 Å². The molecule has 22 heavy (non-hydrogen) atoms. The first-order chi connectivity index (χ1) is 10.5. The molecule has 1 aromatic heterocycles. The lowest BCUT2D eigenvalue weighted by Crippen LogP contribution is -2.12. The summed E-state index contributed by atoms with van der Waals surface area (Å²) in [6, 6.07) is 8.00. The maximum absolute atomic E-state index is 12.4. The zero-order valence-corrected chi connectivity index (χ0v) is 13.2. The Morgan fingerprint density at radius 3 is 2.77 bits per heavy atom. The van der Waals surface area contributed by atoms with E-state index in [1.54, 1.807) is 12.1 Å². The quantitative estimate of drug-likeness (QED) is 0.823. The molecule has 2 rings (SSSR count). The molecule has 0 saturated heterocycles. The third kappa shape index (κ3) is 4.04. The number of benzene rings is 1. The van der Waals surface area contributed by atoms with E-state index < -0.39 is 6.61 Å². The molecule has 0 bridgehead atoms. The van der Waals surface area contributed by atoms with Crippen LogP contribution in [-0.2, 0) is 6.42 Å². The Bertz CT molecular complexity index is 655. The van der Waals surface area contributed by atoms with Crippen molar-refractivity contribution in [3.05, 3.63) is 45.6 Å². The van der Waals surface area contributed by atoms with E-state index in [9.17, 15) is 13.6 Å². The summed E-state index contributed by atoms with van der Waals surface area (Å²) in [5.74, 6) is -0.367. The molecule has 6 heteroatoms. The summed E-state index contributed by atoms with van der Waals surface area (Å²) in [6.45, 7) is 1.12. The maximum atomic E-state index is 12.4. The molecule has 118 valence electrons. The number of alkyl halides is 2. The molecule has 0 saturated carbocycles. The Balaban J connectivity index is 2.17. The van der Waals surface area contributed by atoms with Crippen LogP contribution in [0.4, 0.5) is 14.5 Å². The van der Waals surface area contributed by atoms with Crippen LogP contribution in [0, 0.1) is 6.92 Å². The lowest BCUT2D eigenvalue weighted by molar-refractivity contribution is -0.0493. The van der Waals surface area contributed by atoms with Crippen LogP contribution < -0.4 is 10.1 Å². The van der Waals surface area contributed by atoms with E-state index in [1.807, 2.05) is 13.0 Å². The highest BCUT2D eigenvalue weighted by Gasteiger charge is 2.15. The number of rotatable bonds is 6. The van der Waals surface area contributed by atoms with Gasteiger partial charge in [0.05, 0.1) is 10.6 Å². The second-order valence-electron chi connectivity index (χ2n) is 4.77. The van der Waals surface area contributed by atoms with Crippen molar-refractivity contribution in [1.82, 2.24) is 0 Å². The van der Waals surface area contributed by atoms with E-state index in [4.69, 9.17) is 0 Å². The number of carbonyl (C=O) groups is 1. The van der Waals surface area contributed by atoms with Gasteiger partial charge in [-0.2, -0.15) is 8.78 Å². The van der Waals surface area contributed by atoms with Crippen LogP contribution >= 0.6 is 11.3 Å². The lowest BCUT2D eigenvalue weighted by atomic mass is 10.1. The molecular formula is C16H17F2NO2S. The fourth-order valence-corrected chi connectivity index (χ4v) is 3.07. The van der Waals surface area contributed by atoms with Gasteiger partial charge in [0, 0.05) is 4.88 Å². The minimum Gasteiger partial charge on any atom is -0.433 e. The molecule has 2 aromatic rings. The molecule has 1 heterocycles. The van der Waals surface area contributed by atoms with E-state index in [2.05, 4.69) is 17.0 Å². The summed E-state index contributed by atoms with van der Waals surface area (Å²) < 4.78 is 29.1. The topological polar surface area (TPSA) is 38.3 Å². The first kappa shape index (κ1) is 16.4. The maximum Gasteiger partial charge on any atom is 0.387 e. The Kier molecular flexibility index (Phi) is 5.49. The molecule has 0 atom stereocenters. The SMILES string of the molecule is CCCc1cc(C(=O)Nc2ccccc2OC(F)F)sc1C. The molecule has 0 fully saturated rings. The van der Waals surface area contributed by atoms with Crippen LogP contribution in [0.15, 0.2) is 30.3 Å². The van der Waals surface area contributed by atoms with E-state index in [0.29, 0.717) is 4.88 Å². The number of carbonyl (C=O) groups excluding carboxylic acids is 1. The van der Waals surface area contributed by atoms with Gasteiger partial charge in [0.15, 0.2) is 0 Å². The Labute approximate surface area is 131 Å². The highest BCUT2D eigenvalue weighted by molar-refractivity contribution is 7.14. The molecule has 0 aliphatic carbocycles. The molecule has 0 unspecified atom stereocenters. The first-order valence-corrected chi connectivity index (χ1v) is 7.77. The number of hydrogen-bond donors (Lipinski definition) is 1. The third-order valence-electron chi connectivity index (χ3n) is 3.12. The molecule has 1 N–H and O–H groups in total. The minimum absolute atomic E-state index is 0.0482. The smallest absolute Gasteiger partial charge is 0.387 e. The van der Waals surface area contributed by atoms with Gasteiger partial charge in [-0.05, 0) is 37.1 Å². The Hall–Kier alpha value is -1.95. The molecular weight excluding hydrogens is 308 g/mol. The summed E-state index contributed by atoms with van der Waals surface area (Å²) in [4.78, 5) is 13.9. The fraction of sp³-hybridized carbons (Fsp3) is 0.312. The van der Waals surface area contributed by atoms with Gasteiger partial charge in [0.1, 0.15) is 5.75 Å². The lowest BCUT2D eigenvalue weighted by Gasteiger charge is -2.10. The summed E-state index contributed by atoms with van der Waals surface area (Å²) >= 11 is 1.40. The molecule has 0 aliphatic rings. The van der Waals surface area contributed by atoms with Crippen molar-refractivity contribution in [3.63, 3.8) is 0 Å². The van der Waals surface area contributed by atoms with Gasteiger partial charge in [-0.1, -0.05) is 25.5 Å². The number of ether oxygens (including phenoxy) is 1. The van der Waals surface area contributed by atoms with Crippen LogP contribution in [0.1, 0.15) is 33.5 Å². The van der Waals surface area contributed by atoms with Crippen molar-refractivity contribution in [2.75, 3.05) is 5.32 Å². The van der Waals surface area contributed by atoms with Gasteiger partial charge < -0.3 is 10.1 Å². The zero-order valence-electron chi connectivity index (χ0n) is 12.4. The van der Waals surface area contributed by atoms with Crippen molar-refractivity contribution < 1.29 is 18.3 Å². The molecule has 1 amide bonds. The van der Waals surface area contributed by atoms with Crippen LogP contribution in [0.5, 0.6) is 5.75 Å². The fourth-order valence-electron chi connectivity index (χ4n) is 2.10. The molecule has 1 aromatic carbocycles. The van der Waals surface area contributed by atoms with Crippen molar-refractivity contribution >= 4 is 22.9 Å². The van der Waals surface area contributed by atoms with Crippen molar-refractivity contribution in [1.29, 1.82) is 0 Å². The van der Waals surface area contributed by atoms with Crippen LogP contribution in [0.3, 0.4) is 0 Å². The van der Waals surface area contributed by atoms with E-state index in [0.717, 1.165) is 23.3 Å². The molecule has 0 radical (unpaired) electrons. The van der Waals surface area contributed by atoms with Crippen molar-refractivity contribution in [3.8, 4) is 5.75 Å². The normalized spacial score (nSPS) is 10.8. The molecule has 0 aliphatic heterocycles. The number of anilines is 1. The number of thiophene rings is 1. The second-order valence-corrected chi connectivity index (χ2v) is 6.03. The van der Waals surface area contributed by atoms with Crippen LogP contribution in [0.2, 0.25) is 0 Å². The number of halogens is 2. The van der Waals surface area contributed by atoms with E-state index in [-0.39, 0.29) is 17.3 Å². The van der Waals surface area contributed by atoms with Gasteiger partial charge in [0.2, 0.25) is 0 Å². The highest BCUT2D eigenvalue weighted by Crippen LogP contribution is 2.28. The first-order valence-electron chi connectivity index (χ1n) is 6.95. The van der Waals surface area contributed by atoms with Gasteiger partial charge in [-0.3, -0.25) is 4.79 Å². The highest BCUT2D eigenvalue weighted by atomic mass is 32.1. The summed E-state index contributed by atoms with van der Waals surface area (Å²) in [5, 5.41) is 2.63. The average molecular weight is 325 g/mol. The number of aryl methyl sites for hydroxylation is 2. The largest absolute Gasteiger partial charge is 0.433 e. The van der Waals surface area contributed by atoms with Gasteiger partial charge in [-0.15, -0.1) is 11.3 Å². The van der Waals surface area contributed by atoms with E-state index >= 15 is 0 Å². The van der Waals surface area contributed by atoms with Gasteiger partial charge in [-0.25, -0.2) is 0 Å². The summed E-state index contributed by atoms with van der Waals surface area (Å²) in [5.41, 5.74) is 1.38. The predicted octanol–water partition coefficient (Wildman–Crippen LogP) is 4.86. The van der Waals surface area contributed by atoms with Crippen LogP contribution in [-0.4, -0.2) is 12.5 Å². The summed E-state index contributed by atoms with van der Waals surface area (Å²) in [6.07, 6.45) is 1.92. The van der Waals surface area contributed by atoms with Gasteiger partial charge >= 0.3 is 6.61 Å². The third-order valence-corrected chi connectivity index (χ3v) is 4.21.